The number of aromatic nitrogens is 3. The largest absolute Gasteiger partial charge is 0.383 e. The third-order valence-electron chi connectivity index (χ3n) is 5.12. The number of rotatable bonds is 7. The fourth-order valence-electron chi connectivity index (χ4n) is 3.57. The molecule has 3 aromatic rings. The van der Waals surface area contributed by atoms with Gasteiger partial charge in [0.2, 0.25) is 5.91 Å². The highest BCUT2D eigenvalue weighted by Gasteiger charge is 2.29. The van der Waals surface area contributed by atoms with Gasteiger partial charge in [0.1, 0.15) is 0 Å². The Labute approximate surface area is 185 Å². The average molecular weight is 443 g/mol. The summed E-state index contributed by atoms with van der Waals surface area (Å²) in [5.74, 6) is 0.816. The third-order valence-corrected chi connectivity index (χ3v) is 6.44. The quantitative estimate of drug-likeness (QED) is 0.510. The molecule has 2 heterocycles. The summed E-state index contributed by atoms with van der Waals surface area (Å²) in [5, 5.41) is 9.84. The predicted octanol–water partition coefficient (Wildman–Crippen LogP) is 4.31. The van der Waals surface area contributed by atoms with Crippen molar-refractivity contribution >= 4 is 35.0 Å². The van der Waals surface area contributed by atoms with Gasteiger partial charge in [0.25, 0.3) is 0 Å². The number of benzene rings is 2. The minimum atomic E-state index is -0.292. The number of para-hydroxylation sites is 1. The molecule has 0 saturated heterocycles. The van der Waals surface area contributed by atoms with Crippen LogP contribution in [0.3, 0.4) is 0 Å². The highest BCUT2D eigenvalue weighted by Crippen LogP contribution is 2.32. The van der Waals surface area contributed by atoms with Gasteiger partial charge in [0.15, 0.2) is 11.0 Å². The number of fused-ring (bicyclic) bond motifs is 1. The van der Waals surface area contributed by atoms with Gasteiger partial charge in [-0.3, -0.25) is 9.36 Å². The van der Waals surface area contributed by atoms with Gasteiger partial charge < -0.3 is 9.64 Å². The molecule has 0 fully saturated rings. The van der Waals surface area contributed by atoms with E-state index in [0.717, 1.165) is 30.0 Å². The summed E-state index contributed by atoms with van der Waals surface area (Å²) in [6.45, 7) is 3.76. The van der Waals surface area contributed by atoms with E-state index in [2.05, 4.69) is 16.3 Å². The van der Waals surface area contributed by atoms with Crippen molar-refractivity contribution in [1.29, 1.82) is 0 Å². The fraction of sp³-hybridized carbons (Fsp3) is 0.318. The van der Waals surface area contributed by atoms with E-state index >= 15 is 0 Å². The topological polar surface area (TPSA) is 60.2 Å². The van der Waals surface area contributed by atoms with Gasteiger partial charge in [0, 0.05) is 29.9 Å². The molecule has 0 N–H and O–H groups in total. The third kappa shape index (κ3) is 4.24. The zero-order valence-corrected chi connectivity index (χ0v) is 18.5. The lowest BCUT2D eigenvalue weighted by Gasteiger charge is -2.21. The molecule has 1 aliphatic rings. The van der Waals surface area contributed by atoms with Crippen LogP contribution in [0.25, 0.3) is 11.4 Å². The summed E-state index contributed by atoms with van der Waals surface area (Å²) in [4.78, 5) is 15.0. The molecular formula is C22H23ClN4O2S. The van der Waals surface area contributed by atoms with Gasteiger partial charge in [-0.1, -0.05) is 41.6 Å². The molecule has 0 bridgehead atoms. The first-order valence-electron chi connectivity index (χ1n) is 9.82. The second-order valence-corrected chi connectivity index (χ2v) is 8.83. The molecule has 8 heteroatoms. The minimum Gasteiger partial charge on any atom is -0.383 e. The Bertz CT molecular complexity index is 1040. The molecule has 0 unspecified atom stereocenters. The van der Waals surface area contributed by atoms with Crippen LogP contribution in [0, 0.1) is 0 Å². The Morgan fingerprint density at radius 1 is 1.20 bits per heavy atom. The van der Waals surface area contributed by atoms with Crippen LogP contribution in [0.4, 0.5) is 5.69 Å². The maximum atomic E-state index is 13.2. The second kappa shape index (κ2) is 9.20. The normalized spacial score (nSPS) is 14.0. The molecule has 0 spiro atoms. The standard InChI is InChI=1S/C22H23ClN4O2S/c1-15(21(28)26-12-11-16-5-3-4-6-19(16)26)30-22-25-24-20(27(22)13-14-29-2)17-7-9-18(23)10-8-17/h3-10,15H,11-14H2,1-2H3/t15-/m0/s1. The summed E-state index contributed by atoms with van der Waals surface area (Å²) in [7, 11) is 1.66. The number of amides is 1. The highest BCUT2D eigenvalue weighted by molar-refractivity contribution is 8.00. The Morgan fingerprint density at radius 2 is 1.97 bits per heavy atom. The Hall–Kier alpha value is -2.35. The van der Waals surface area contributed by atoms with Crippen molar-refractivity contribution < 1.29 is 9.53 Å². The number of carbonyl (C=O) groups excluding carboxylic acids is 1. The Balaban J connectivity index is 1.56. The first-order valence-corrected chi connectivity index (χ1v) is 11.1. The van der Waals surface area contributed by atoms with Gasteiger partial charge in [0.05, 0.1) is 18.4 Å². The lowest BCUT2D eigenvalue weighted by molar-refractivity contribution is -0.117. The van der Waals surface area contributed by atoms with E-state index in [4.69, 9.17) is 16.3 Å². The van der Waals surface area contributed by atoms with E-state index in [9.17, 15) is 4.79 Å². The van der Waals surface area contributed by atoms with Crippen molar-refractivity contribution in [1.82, 2.24) is 14.8 Å². The molecule has 1 amide bonds. The number of halogens is 1. The molecule has 0 saturated carbocycles. The van der Waals surface area contributed by atoms with Gasteiger partial charge >= 0.3 is 0 Å². The van der Waals surface area contributed by atoms with Crippen LogP contribution in [0.5, 0.6) is 0 Å². The smallest absolute Gasteiger partial charge is 0.240 e. The first kappa shape index (κ1) is 20.9. The van der Waals surface area contributed by atoms with Crippen LogP contribution < -0.4 is 4.90 Å². The average Bonchev–Trinajstić information content (AvgIpc) is 3.36. The summed E-state index contributed by atoms with van der Waals surface area (Å²) in [6.07, 6.45) is 0.893. The number of methoxy groups -OCH3 is 1. The van der Waals surface area contributed by atoms with Crippen LogP contribution in [0.15, 0.2) is 53.7 Å². The maximum absolute atomic E-state index is 13.2. The minimum absolute atomic E-state index is 0.0827. The molecule has 1 aliphatic heterocycles. The van der Waals surface area contributed by atoms with Gasteiger partial charge in [-0.25, -0.2) is 0 Å². The van der Waals surface area contributed by atoms with Crippen LogP contribution >= 0.6 is 23.4 Å². The first-order chi connectivity index (χ1) is 14.6. The number of hydrogen-bond donors (Lipinski definition) is 0. The van der Waals surface area contributed by atoms with Crippen molar-refractivity contribution in [3.8, 4) is 11.4 Å². The van der Waals surface area contributed by atoms with Crippen molar-refractivity contribution in [3.05, 3.63) is 59.1 Å². The zero-order chi connectivity index (χ0) is 21.1. The second-order valence-electron chi connectivity index (χ2n) is 7.09. The van der Waals surface area contributed by atoms with Crippen LogP contribution in [-0.2, 0) is 22.5 Å². The van der Waals surface area contributed by atoms with Crippen molar-refractivity contribution in [2.75, 3.05) is 25.2 Å². The van der Waals surface area contributed by atoms with Crippen molar-refractivity contribution in [2.45, 2.75) is 30.3 Å². The number of carbonyl (C=O) groups is 1. The van der Waals surface area contributed by atoms with Crippen molar-refractivity contribution in [3.63, 3.8) is 0 Å². The molecule has 1 aromatic heterocycles. The molecule has 30 heavy (non-hydrogen) atoms. The lowest BCUT2D eigenvalue weighted by atomic mass is 10.2. The van der Waals surface area contributed by atoms with Crippen molar-refractivity contribution in [2.24, 2.45) is 0 Å². The highest BCUT2D eigenvalue weighted by atomic mass is 35.5. The summed E-state index contributed by atoms with van der Waals surface area (Å²) >= 11 is 7.45. The van der Waals surface area contributed by atoms with Crippen LogP contribution in [0.2, 0.25) is 5.02 Å². The lowest BCUT2D eigenvalue weighted by Crippen LogP contribution is -2.35. The Kier molecular flexibility index (Phi) is 6.41. The number of thioether (sulfide) groups is 1. The van der Waals surface area contributed by atoms with E-state index in [0.29, 0.717) is 23.3 Å². The predicted molar refractivity (Wildman–Crippen MR) is 120 cm³/mol. The molecule has 156 valence electrons. The van der Waals surface area contributed by atoms with Gasteiger partial charge in [-0.2, -0.15) is 0 Å². The summed E-state index contributed by atoms with van der Waals surface area (Å²) < 4.78 is 7.27. The molecule has 6 nitrogen and oxygen atoms in total. The number of anilines is 1. The van der Waals surface area contributed by atoms with E-state index in [1.54, 1.807) is 7.11 Å². The molecule has 4 rings (SSSR count). The van der Waals surface area contributed by atoms with E-state index in [1.807, 2.05) is 58.9 Å². The zero-order valence-electron chi connectivity index (χ0n) is 16.9. The van der Waals surface area contributed by atoms with E-state index in [-0.39, 0.29) is 11.2 Å². The number of hydrogen-bond acceptors (Lipinski definition) is 5. The molecular weight excluding hydrogens is 420 g/mol. The molecule has 2 aromatic carbocycles. The number of nitrogens with zero attached hydrogens (tertiary/aromatic N) is 4. The number of ether oxygens (including phenoxy) is 1. The van der Waals surface area contributed by atoms with E-state index < -0.39 is 0 Å². The SMILES string of the molecule is COCCn1c(S[C@@H](C)C(=O)N2CCc3ccccc32)nnc1-c1ccc(Cl)cc1. The Morgan fingerprint density at radius 3 is 2.73 bits per heavy atom. The molecule has 0 aliphatic carbocycles. The molecule has 1 atom stereocenters. The monoisotopic (exact) mass is 442 g/mol. The van der Waals surface area contributed by atoms with Gasteiger partial charge in [-0.15, -0.1) is 10.2 Å². The molecule has 0 radical (unpaired) electrons. The summed E-state index contributed by atoms with van der Waals surface area (Å²) in [5.41, 5.74) is 3.15. The summed E-state index contributed by atoms with van der Waals surface area (Å²) in [6, 6.07) is 15.6. The van der Waals surface area contributed by atoms with E-state index in [1.165, 1.54) is 17.3 Å². The fourth-order valence-corrected chi connectivity index (χ4v) is 4.63. The van der Waals surface area contributed by atoms with Crippen LogP contribution in [-0.4, -0.2) is 46.2 Å². The van der Waals surface area contributed by atoms with Gasteiger partial charge in [-0.05, 0) is 49.2 Å². The van der Waals surface area contributed by atoms with Crippen LogP contribution in [0.1, 0.15) is 12.5 Å². The maximum Gasteiger partial charge on any atom is 0.240 e.